The summed E-state index contributed by atoms with van der Waals surface area (Å²) in [6, 6.07) is 11.1. The molecule has 0 saturated heterocycles. The van der Waals surface area contributed by atoms with E-state index < -0.39 is 0 Å². The number of aryl methyl sites for hydroxylation is 2. The van der Waals surface area contributed by atoms with Crippen LogP contribution in [0.5, 0.6) is 0 Å². The lowest BCUT2D eigenvalue weighted by molar-refractivity contribution is 0.102. The monoisotopic (exact) mass is 318 g/mol. The van der Waals surface area contributed by atoms with Crippen LogP contribution in [-0.4, -0.2) is 5.91 Å². The van der Waals surface area contributed by atoms with Gasteiger partial charge in [0.2, 0.25) is 0 Å². The van der Waals surface area contributed by atoms with E-state index in [1.165, 1.54) is 0 Å². The van der Waals surface area contributed by atoms with Crippen molar-refractivity contribution in [3.05, 3.63) is 57.6 Å². The molecule has 0 aromatic heterocycles. The summed E-state index contributed by atoms with van der Waals surface area (Å²) >= 11 is 3.35. The molecular formula is C15H15BrN2O. The molecule has 4 heteroatoms. The van der Waals surface area contributed by atoms with Gasteiger partial charge in [0.25, 0.3) is 5.91 Å². The fourth-order valence-corrected chi connectivity index (χ4v) is 2.39. The van der Waals surface area contributed by atoms with Gasteiger partial charge in [0, 0.05) is 10.0 Å². The van der Waals surface area contributed by atoms with E-state index in [9.17, 15) is 4.79 Å². The number of hydrogen-bond acceptors (Lipinski definition) is 2. The van der Waals surface area contributed by atoms with Gasteiger partial charge < -0.3 is 11.1 Å². The Kier molecular flexibility index (Phi) is 3.90. The molecule has 1 amide bonds. The van der Waals surface area contributed by atoms with E-state index in [0.717, 1.165) is 15.6 Å². The first-order chi connectivity index (χ1) is 8.97. The first kappa shape index (κ1) is 13.6. The number of amides is 1. The molecule has 3 nitrogen and oxygen atoms in total. The smallest absolute Gasteiger partial charge is 0.255 e. The van der Waals surface area contributed by atoms with Crippen molar-refractivity contribution in [3.63, 3.8) is 0 Å². The third kappa shape index (κ3) is 3.15. The zero-order valence-electron chi connectivity index (χ0n) is 10.8. The van der Waals surface area contributed by atoms with E-state index in [2.05, 4.69) is 21.2 Å². The number of nitrogens with one attached hydrogen (secondary N) is 1. The second-order valence-electron chi connectivity index (χ2n) is 4.51. The Labute approximate surface area is 121 Å². The first-order valence-corrected chi connectivity index (χ1v) is 6.70. The molecule has 0 aliphatic rings. The summed E-state index contributed by atoms with van der Waals surface area (Å²) in [7, 11) is 0. The molecule has 0 atom stereocenters. The quantitative estimate of drug-likeness (QED) is 0.825. The van der Waals surface area contributed by atoms with Crippen molar-refractivity contribution in [2.45, 2.75) is 13.8 Å². The minimum absolute atomic E-state index is 0.167. The van der Waals surface area contributed by atoms with Gasteiger partial charge in [-0.25, -0.2) is 0 Å². The van der Waals surface area contributed by atoms with Gasteiger partial charge in [-0.05, 0) is 49.2 Å². The highest BCUT2D eigenvalue weighted by Gasteiger charge is 2.10. The predicted molar refractivity (Wildman–Crippen MR) is 82.4 cm³/mol. The molecule has 0 aliphatic heterocycles. The van der Waals surface area contributed by atoms with Crippen molar-refractivity contribution < 1.29 is 4.79 Å². The first-order valence-electron chi connectivity index (χ1n) is 5.91. The Morgan fingerprint density at radius 3 is 2.58 bits per heavy atom. The second-order valence-corrected chi connectivity index (χ2v) is 5.43. The lowest BCUT2D eigenvalue weighted by Gasteiger charge is -2.12. The molecular weight excluding hydrogens is 304 g/mol. The van der Waals surface area contributed by atoms with E-state index >= 15 is 0 Å². The van der Waals surface area contributed by atoms with Crippen LogP contribution in [0.4, 0.5) is 11.4 Å². The third-order valence-electron chi connectivity index (χ3n) is 2.84. The van der Waals surface area contributed by atoms with Crippen molar-refractivity contribution in [1.29, 1.82) is 0 Å². The molecule has 2 aromatic rings. The number of carbonyl (C=O) groups is 1. The van der Waals surface area contributed by atoms with Crippen LogP contribution < -0.4 is 11.1 Å². The summed E-state index contributed by atoms with van der Waals surface area (Å²) in [6.45, 7) is 3.91. The van der Waals surface area contributed by atoms with E-state index in [4.69, 9.17) is 5.73 Å². The van der Waals surface area contributed by atoms with E-state index in [0.29, 0.717) is 16.9 Å². The zero-order chi connectivity index (χ0) is 14.0. The van der Waals surface area contributed by atoms with Gasteiger partial charge in [0.05, 0.1) is 11.4 Å². The van der Waals surface area contributed by atoms with Gasteiger partial charge in [-0.3, -0.25) is 4.79 Å². The fourth-order valence-electron chi connectivity index (χ4n) is 1.99. The van der Waals surface area contributed by atoms with Crippen LogP contribution >= 0.6 is 15.9 Å². The van der Waals surface area contributed by atoms with Crippen LogP contribution in [0.15, 0.2) is 40.9 Å². The lowest BCUT2D eigenvalue weighted by Crippen LogP contribution is -2.14. The molecule has 0 bridgehead atoms. The van der Waals surface area contributed by atoms with Gasteiger partial charge in [-0.1, -0.05) is 28.1 Å². The maximum atomic E-state index is 12.2. The van der Waals surface area contributed by atoms with Crippen LogP contribution in [-0.2, 0) is 0 Å². The highest BCUT2D eigenvalue weighted by atomic mass is 79.9. The maximum Gasteiger partial charge on any atom is 0.255 e. The lowest BCUT2D eigenvalue weighted by atomic mass is 10.1. The highest BCUT2D eigenvalue weighted by molar-refractivity contribution is 9.10. The van der Waals surface area contributed by atoms with Crippen LogP contribution in [0, 0.1) is 13.8 Å². The SMILES string of the molecule is Cc1cc(C)c(NC(=O)c2cccc(Br)c2)c(N)c1. The minimum Gasteiger partial charge on any atom is -0.397 e. The minimum atomic E-state index is -0.167. The van der Waals surface area contributed by atoms with Crippen LogP contribution in [0.3, 0.4) is 0 Å². The normalized spacial score (nSPS) is 10.3. The van der Waals surface area contributed by atoms with Gasteiger partial charge in [-0.2, -0.15) is 0 Å². The Bertz CT molecular complexity index is 615. The van der Waals surface area contributed by atoms with Crippen molar-refractivity contribution in [3.8, 4) is 0 Å². The molecule has 0 heterocycles. The predicted octanol–water partition coefficient (Wildman–Crippen LogP) is 3.90. The second kappa shape index (κ2) is 5.45. The molecule has 98 valence electrons. The number of rotatable bonds is 2. The largest absolute Gasteiger partial charge is 0.397 e. The molecule has 0 unspecified atom stereocenters. The number of carbonyl (C=O) groups excluding carboxylic acids is 1. The Morgan fingerprint density at radius 1 is 1.21 bits per heavy atom. The number of halogens is 1. The molecule has 0 saturated carbocycles. The zero-order valence-corrected chi connectivity index (χ0v) is 12.4. The Hall–Kier alpha value is -1.81. The summed E-state index contributed by atoms with van der Waals surface area (Å²) < 4.78 is 0.869. The molecule has 2 rings (SSSR count). The fraction of sp³-hybridized carbons (Fsp3) is 0.133. The van der Waals surface area contributed by atoms with Crippen LogP contribution in [0.1, 0.15) is 21.5 Å². The Balaban J connectivity index is 2.29. The average Bonchev–Trinajstić information content (AvgIpc) is 2.33. The summed E-state index contributed by atoms with van der Waals surface area (Å²) in [4.78, 5) is 12.2. The average molecular weight is 319 g/mol. The molecule has 19 heavy (non-hydrogen) atoms. The topological polar surface area (TPSA) is 55.1 Å². The molecule has 0 spiro atoms. The van der Waals surface area contributed by atoms with Crippen molar-refractivity contribution >= 4 is 33.2 Å². The van der Waals surface area contributed by atoms with Crippen LogP contribution in [0.25, 0.3) is 0 Å². The van der Waals surface area contributed by atoms with Gasteiger partial charge >= 0.3 is 0 Å². The van der Waals surface area contributed by atoms with Crippen LogP contribution in [0.2, 0.25) is 0 Å². The summed E-state index contributed by atoms with van der Waals surface area (Å²) in [5, 5.41) is 2.86. The summed E-state index contributed by atoms with van der Waals surface area (Å²) in [5.74, 6) is -0.167. The van der Waals surface area contributed by atoms with E-state index in [-0.39, 0.29) is 5.91 Å². The molecule has 0 fully saturated rings. The van der Waals surface area contributed by atoms with Gasteiger partial charge in [0.1, 0.15) is 0 Å². The third-order valence-corrected chi connectivity index (χ3v) is 3.33. The molecule has 2 aromatic carbocycles. The summed E-state index contributed by atoms with van der Waals surface area (Å²) in [5.41, 5.74) is 9.84. The molecule has 3 N–H and O–H groups in total. The van der Waals surface area contributed by atoms with Gasteiger partial charge in [0.15, 0.2) is 0 Å². The van der Waals surface area contributed by atoms with Crippen molar-refractivity contribution in [2.75, 3.05) is 11.1 Å². The summed E-state index contributed by atoms with van der Waals surface area (Å²) in [6.07, 6.45) is 0. The number of nitrogens with two attached hydrogens (primary N) is 1. The Morgan fingerprint density at radius 2 is 1.95 bits per heavy atom. The number of anilines is 2. The van der Waals surface area contributed by atoms with Crippen molar-refractivity contribution in [2.24, 2.45) is 0 Å². The van der Waals surface area contributed by atoms with Gasteiger partial charge in [-0.15, -0.1) is 0 Å². The maximum absolute atomic E-state index is 12.2. The van der Waals surface area contributed by atoms with Crippen molar-refractivity contribution in [1.82, 2.24) is 0 Å². The number of nitrogen functional groups attached to an aromatic ring is 1. The standard InChI is InChI=1S/C15H15BrN2O/c1-9-6-10(2)14(13(17)7-9)18-15(19)11-4-3-5-12(16)8-11/h3-8H,17H2,1-2H3,(H,18,19). The highest BCUT2D eigenvalue weighted by Crippen LogP contribution is 2.25. The molecule has 0 aliphatic carbocycles. The number of hydrogen-bond donors (Lipinski definition) is 2. The molecule has 0 radical (unpaired) electrons. The van der Waals surface area contributed by atoms with E-state index in [1.807, 2.05) is 38.1 Å². The van der Waals surface area contributed by atoms with E-state index in [1.54, 1.807) is 12.1 Å². The number of benzene rings is 2.